The van der Waals surface area contributed by atoms with Gasteiger partial charge in [0.1, 0.15) is 0 Å². The second-order valence-electron chi connectivity index (χ2n) is 6.02. The molecule has 118 valence electrons. The van der Waals surface area contributed by atoms with Gasteiger partial charge in [-0.15, -0.1) is 11.3 Å². The molecule has 21 heavy (non-hydrogen) atoms. The van der Waals surface area contributed by atoms with Gasteiger partial charge < -0.3 is 5.32 Å². The maximum absolute atomic E-state index is 12.4. The minimum atomic E-state index is -3.01. The highest BCUT2D eigenvalue weighted by Gasteiger charge is 2.39. The van der Waals surface area contributed by atoms with Crippen molar-refractivity contribution in [3.8, 4) is 0 Å². The molecule has 1 aromatic heterocycles. The SMILES string of the molecule is CCCc1sc(C(=O)NC2(C)CCS(=O)(=O)C2)cc1CC. The summed E-state index contributed by atoms with van der Waals surface area (Å²) >= 11 is 1.54. The molecule has 6 heteroatoms. The van der Waals surface area contributed by atoms with Crippen LogP contribution in [0, 0.1) is 0 Å². The maximum atomic E-state index is 12.4. The first-order valence-corrected chi connectivity index (χ1v) is 10.1. The van der Waals surface area contributed by atoms with Gasteiger partial charge in [0.2, 0.25) is 0 Å². The molecule has 1 aliphatic heterocycles. The van der Waals surface area contributed by atoms with E-state index in [0.29, 0.717) is 11.3 Å². The van der Waals surface area contributed by atoms with Crippen LogP contribution in [-0.2, 0) is 22.7 Å². The van der Waals surface area contributed by atoms with Crippen LogP contribution in [0.5, 0.6) is 0 Å². The predicted octanol–water partition coefficient (Wildman–Crippen LogP) is 2.57. The van der Waals surface area contributed by atoms with Crippen LogP contribution in [0.15, 0.2) is 6.07 Å². The van der Waals surface area contributed by atoms with Crippen LogP contribution in [0.25, 0.3) is 0 Å². The van der Waals surface area contributed by atoms with Crippen LogP contribution >= 0.6 is 11.3 Å². The van der Waals surface area contributed by atoms with Gasteiger partial charge in [-0.1, -0.05) is 20.3 Å². The first-order valence-electron chi connectivity index (χ1n) is 7.43. The summed E-state index contributed by atoms with van der Waals surface area (Å²) < 4.78 is 23.2. The Balaban J connectivity index is 2.14. The normalized spacial score (nSPS) is 24.1. The smallest absolute Gasteiger partial charge is 0.261 e. The average molecular weight is 329 g/mol. The first-order chi connectivity index (χ1) is 9.78. The molecule has 1 fully saturated rings. The summed E-state index contributed by atoms with van der Waals surface area (Å²) in [6.07, 6.45) is 3.47. The zero-order chi connectivity index (χ0) is 15.7. The Morgan fingerprint density at radius 3 is 2.67 bits per heavy atom. The lowest BCUT2D eigenvalue weighted by molar-refractivity contribution is 0.0919. The van der Waals surface area contributed by atoms with Crippen molar-refractivity contribution in [2.75, 3.05) is 11.5 Å². The molecule has 4 nitrogen and oxygen atoms in total. The fourth-order valence-corrected chi connectivity index (χ4v) is 6.11. The topological polar surface area (TPSA) is 63.2 Å². The van der Waals surface area contributed by atoms with Gasteiger partial charge in [0.05, 0.1) is 21.9 Å². The van der Waals surface area contributed by atoms with Gasteiger partial charge >= 0.3 is 0 Å². The van der Waals surface area contributed by atoms with Gasteiger partial charge in [0, 0.05) is 4.88 Å². The minimum Gasteiger partial charge on any atom is -0.345 e. The minimum absolute atomic E-state index is 0.0412. The molecule has 0 saturated carbocycles. The second-order valence-corrected chi connectivity index (χ2v) is 9.34. The van der Waals surface area contributed by atoms with Crippen molar-refractivity contribution in [1.29, 1.82) is 0 Å². The molecule has 1 saturated heterocycles. The quantitative estimate of drug-likeness (QED) is 0.903. The Morgan fingerprint density at radius 2 is 2.14 bits per heavy atom. The summed E-state index contributed by atoms with van der Waals surface area (Å²) in [5.74, 6) is 0.0615. The Labute approximate surface area is 130 Å². The highest BCUT2D eigenvalue weighted by molar-refractivity contribution is 7.91. The molecular weight excluding hydrogens is 306 g/mol. The molecule has 1 atom stereocenters. The molecule has 0 radical (unpaired) electrons. The molecule has 1 unspecified atom stereocenters. The first kappa shape index (κ1) is 16.5. The van der Waals surface area contributed by atoms with Crippen LogP contribution in [-0.4, -0.2) is 31.4 Å². The van der Waals surface area contributed by atoms with Gasteiger partial charge in [-0.05, 0) is 37.8 Å². The summed E-state index contributed by atoms with van der Waals surface area (Å²) in [4.78, 5) is 14.4. The lowest BCUT2D eigenvalue weighted by Crippen LogP contribution is -2.46. The van der Waals surface area contributed by atoms with Gasteiger partial charge in [-0.25, -0.2) is 8.42 Å². The Hall–Kier alpha value is -0.880. The average Bonchev–Trinajstić information content (AvgIpc) is 2.91. The van der Waals surface area contributed by atoms with Crippen LogP contribution in [0.2, 0.25) is 0 Å². The fraction of sp³-hybridized carbons (Fsp3) is 0.667. The van der Waals surface area contributed by atoms with Crippen molar-refractivity contribution < 1.29 is 13.2 Å². The van der Waals surface area contributed by atoms with E-state index in [4.69, 9.17) is 0 Å². The van der Waals surface area contributed by atoms with E-state index in [1.165, 1.54) is 21.8 Å². The molecule has 0 aliphatic carbocycles. The van der Waals surface area contributed by atoms with E-state index in [1.54, 1.807) is 0 Å². The Bertz CT molecular complexity index is 633. The summed E-state index contributed by atoms with van der Waals surface area (Å²) in [6, 6.07) is 1.96. The molecule has 1 amide bonds. The number of amides is 1. The van der Waals surface area contributed by atoms with Gasteiger partial charge in [0.15, 0.2) is 9.84 Å². The standard InChI is InChI=1S/C15H23NO3S2/c1-4-6-12-11(5-2)9-13(20-12)14(17)16-15(3)7-8-21(18,19)10-15/h9H,4-8,10H2,1-3H3,(H,16,17). The van der Waals surface area contributed by atoms with E-state index in [-0.39, 0.29) is 17.4 Å². The fourth-order valence-electron chi connectivity index (χ4n) is 2.76. The molecule has 2 heterocycles. The highest BCUT2D eigenvalue weighted by Crippen LogP contribution is 2.27. The van der Waals surface area contributed by atoms with Gasteiger partial charge in [-0.2, -0.15) is 0 Å². The summed E-state index contributed by atoms with van der Waals surface area (Å²) in [5, 5.41) is 2.93. The number of sulfone groups is 1. The number of aryl methyl sites for hydroxylation is 2. The van der Waals surface area contributed by atoms with Crippen molar-refractivity contribution in [2.24, 2.45) is 0 Å². The maximum Gasteiger partial charge on any atom is 0.261 e. The van der Waals surface area contributed by atoms with E-state index in [0.717, 1.165) is 19.3 Å². The zero-order valence-corrected chi connectivity index (χ0v) is 14.5. The van der Waals surface area contributed by atoms with Gasteiger partial charge in [-0.3, -0.25) is 4.79 Å². The van der Waals surface area contributed by atoms with Gasteiger partial charge in [0.25, 0.3) is 5.91 Å². The van der Waals surface area contributed by atoms with Crippen molar-refractivity contribution in [2.45, 2.75) is 52.0 Å². The Kier molecular flexibility index (Phi) is 4.78. The van der Waals surface area contributed by atoms with Crippen molar-refractivity contribution in [3.05, 3.63) is 21.4 Å². The predicted molar refractivity (Wildman–Crippen MR) is 86.8 cm³/mol. The molecule has 1 aromatic rings. The lowest BCUT2D eigenvalue weighted by atomic mass is 10.0. The van der Waals surface area contributed by atoms with Crippen LogP contribution in [0.4, 0.5) is 0 Å². The summed E-state index contributed by atoms with van der Waals surface area (Å²) in [5.41, 5.74) is 0.605. The van der Waals surface area contributed by atoms with Crippen molar-refractivity contribution >= 4 is 27.1 Å². The molecular formula is C15H23NO3S2. The molecule has 1 aliphatic rings. The Morgan fingerprint density at radius 1 is 1.43 bits per heavy atom. The number of carbonyl (C=O) groups is 1. The molecule has 0 aromatic carbocycles. The highest BCUT2D eigenvalue weighted by atomic mass is 32.2. The summed E-state index contributed by atoms with van der Waals surface area (Å²) in [7, 11) is -3.01. The zero-order valence-electron chi connectivity index (χ0n) is 12.9. The summed E-state index contributed by atoms with van der Waals surface area (Å²) in [6.45, 7) is 6.04. The third kappa shape index (κ3) is 3.86. The lowest BCUT2D eigenvalue weighted by Gasteiger charge is -2.23. The van der Waals surface area contributed by atoms with E-state index in [2.05, 4.69) is 19.2 Å². The van der Waals surface area contributed by atoms with Crippen LogP contribution in [0.1, 0.15) is 53.7 Å². The van der Waals surface area contributed by atoms with E-state index in [1.807, 2.05) is 13.0 Å². The molecule has 1 N–H and O–H groups in total. The van der Waals surface area contributed by atoms with E-state index in [9.17, 15) is 13.2 Å². The molecule has 2 rings (SSSR count). The molecule has 0 spiro atoms. The van der Waals surface area contributed by atoms with Crippen molar-refractivity contribution in [1.82, 2.24) is 5.32 Å². The number of hydrogen-bond donors (Lipinski definition) is 1. The number of hydrogen-bond acceptors (Lipinski definition) is 4. The number of thiophene rings is 1. The van der Waals surface area contributed by atoms with Crippen molar-refractivity contribution in [3.63, 3.8) is 0 Å². The van der Waals surface area contributed by atoms with Crippen LogP contribution in [0.3, 0.4) is 0 Å². The second kappa shape index (κ2) is 6.08. The number of nitrogens with one attached hydrogen (secondary N) is 1. The third-order valence-corrected chi connectivity index (χ3v) is 7.04. The largest absolute Gasteiger partial charge is 0.345 e. The third-order valence-electron chi connectivity index (χ3n) is 3.90. The van der Waals surface area contributed by atoms with E-state index >= 15 is 0 Å². The van der Waals surface area contributed by atoms with E-state index < -0.39 is 15.4 Å². The number of rotatable bonds is 5. The number of carbonyl (C=O) groups excluding carboxylic acids is 1. The monoisotopic (exact) mass is 329 g/mol. The molecule has 0 bridgehead atoms. The van der Waals surface area contributed by atoms with Crippen LogP contribution < -0.4 is 5.32 Å².